The van der Waals surface area contributed by atoms with Crippen LogP contribution in [-0.4, -0.2) is 12.0 Å². The smallest absolute Gasteiger partial charge is 0.0948 e. The number of hydrogen-bond donors (Lipinski definition) is 1. The normalized spacial score (nSPS) is 12.3. The lowest BCUT2D eigenvalue weighted by Gasteiger charge is -2.13. The monoisotopic (exact) mass is 210 g/mol. The van der Waals surface area contributed by atoms with E-state index in [1.54, 1.807) is 0 Å². The van der Waals surface area contributed by atoms with Gasteiger partial charge in [0.2, 0.25) is 0 Å². The van der Waals surface area contributed by atoms with Crippen molar-refractivity contribution in [2.45, 2.75) is 13.0 Å². The van der Waals surface area contributed by atoms with E-state index in [4.69, 9.17) is 6.42 Å². The third-order valence-electron chi connectivity index (χ3n) is 2.64. The third-order valence-corrected chi connectivity index (χ3v) is 2.64. The lowest BCUT2D eigenvalue weighted by atomic mass is 10.0. The topological polar surface area (TPSA) is 24.9 Å². The summed E-state index contributed by atoms with van der Waals surface area (Å²) < 4.78 is 0. The quantitative estimate of drug-likeness (QED) is 0.770. The van der Waals surface area contributed by atoms with Gasteiger partial charge >= 0.3 is 0 Å². The minimum absolute atomic E-state index is 0.0633. The van der Waals surface area contributed by atoms with Crippen LogP contribution in [-0.2, 0) is 0 Å². The van der Waals surface area contributed by atoms with Crippen molar-refractivity contribution in [3.8, 4) is 12.3 Å². The van der Waals surface area contributed by atoms with E-state index in [1.807, 2.05) is 38.2 Å². The Bertz CT molecular complexity index is 552. The largest absolute Gasteiger partial charge is 0.303 e. The molecule has 0 radical (unpaired) electrons. The highest BCUT2D eigenvalue weighted by Crippen LogP contribution is 2.23. The zero-order chi connectivity index (χ0) is 11.5. The van der Waals surface area contributed by atoms with Crippen LogP contribution in [0.1, 0.15) is 17.3 Å². The van der Waals surface area contributed by atoms with Crippen LogP contribution in [0.4, 0.5) is 0 Å². The average molecular weight is 210 g/mol. The van der Waals surface area contributed by atoms with Gasteiger partial charge in [-0.25, -0.2) is 0 Å². The summed E-state index contributed by atoms with van der Waals surface area (Å²) in [5.41, 5.74) is 3.10. The lowest BCUT2D eigenvalue weighted by Crippen LogP contribution is -2.15. The number of aromatic nitrogens is 1. The number of nitrogens with one attached hydrogen (secondary N) is 1. The molecule has 16 heavy (non-hydrogen) atoms. The van der Waals surface area contributed by atoms with Crippen molar-refractivity contribution in [2.75, 3.05) is 7.05 Å². The molecular formula is C14H14N2. The van der Waals surface area contributed by atoms with Gasteiger partial charge in [-0.05, 0) is 31.7 Å². The zero-order valence-electron chi connectivity index (χ0n) is 9.49. The van der Waals surface area contributed by atoms with E-state index in [9.17, 15) is 0 Å². The summed E-state index contributed by atoms with van der Waals surface area (Å²) in [7, 11) is 1.87. The van der Waals surface area contributed by atoms with Gasteiger partial charge in [0.15, 0.2) is 0 Å². The molecular weight excluding hydrogens is 196 g/mol. The van der Waals surface area contributed by atoms with Crippen LogP contribution in [0.25, 0.3) is 10.9 Å². The van der Waals surface area contributed by atoms with Crippen molar-refractivity contribution >= 4 is 10.9 Å². The van der Waals surface area contributed by atoms with E-state index in [0.717, 1.165) is 22.2 Å². The first-order valence-electron chi connectivity index (χ1n) is 5.26. The first-order valence-corrected chi connectivity index (χ1v) is 5.26. The van der Waals surface area contributed by atoms with E-state index in [-0.39, 0.29) is 6.04 Å². The van der Waals surface area contributed by atoms with Crippen LogP contribution in [0.2, 0.25) is 0 Å². The standard InChI is InChI=1S/C14H14N2/c1-4-13(15-3)12-9-10(2)16-14-8-6-5-7-11(12)14/h1,5-9,13,15H,2-3H3. The summed E-state index contributed by atoms with van der Waals surface area (Å²) in [6, 6.07) is 10.0. The predicted octanol–water partition coefficient (Wildman–Crippen LogP) is 2.44. The predicted molar refractivity (Wildman–Crippen MR) is 67.1 cm³/mol. The summed E-state index contributed by atoms with van der Waals surface area (Å²) in [4.78, 5) is 4.49. The molecule has 0 fully saturated rings. The van der Waals surface area contributed by atoms with Gasteiger partial charge in [-0.2, -0.15) is 0 Å². The molecule has 2 nitrogen and oxygen atoms in total. The van der Waals surface area contributed by atoms with Gasteiger partial charge in [-0.3, -0.25) is 4.98 Å². The molecule has 1 N–H and O–H groups in total. The number of hydrogen-bond acceptors (Lipinski definition) is 2. The van der Waals surface area contributed by atoms with Crippen LogP contribution >= 0.6 is 0 Å². The van der Waals surface area contributed by atoms with Crippen LogP contribution in [0, 0.1) is 19.3 Å². The van der Waals surface area contributed by atoms with Gasteiger partial charge in [0.05, 0.1) is 11.6 Å². The second-order valence-electron chi connectivity index (χ2n) is 3.76. The molecule has 2 rings (SSSR count). The molecule has 1 heterocycles. The Labute approximate surface area is 95.7 Å². The zero-order valence-corrected chi connectivity index (χ0v) is 9.49. The maximum atomic E-state index is 5.52. The molecule has 2 aromatic rings. The number of terminal acetylenes is 1. The molecule has 0 amide bonds. The third kappa shape index (κ3) is 1.78. The number of para-hydroxylation sites is 1. The van der Waals surface area contributed by atoms with E-state index < -0.39 is 0 Å². The molecule has 1 aromatic carbocycles. The van der Waals surface area contributed by atoms with Gasteiger partial charge < -0.3 is 5.32 Å². The van der Waals surface area contributed by atoms with Crippen LogP contribution < -0.4 is 5.32 Å². The highest BCUT2D eigenvalue weighted by atomic mass is 14.9. The average Bonchev–Trinajstić information content (AvgIpc) is 2.30. The molecule has 2 heteroatoms. The fourth-order valence-corrected chi connectivity index (χ4v) is 1.91. The molecule has 0 aliphatic rings. The first kappa shape index (κ1) is 10.7. The highest BCUT2D eigenvalue weighted by molar-refractivity contribution is 5.83. The molecule has 0 bridgehead atoms. The number of nitrogens with zero attached hydrogens (tertiary/aromatic N) is 1. The molecule has 0 spiro atoms. The summed E-state index contributed by atoms with van der Waals surface area (Å²) in [5, 5.41) is 4.24. The minimum atomic E-state index is -0.0633. The number of aryl methyl sites for hydroxylation is 1. The fourth-order valence-electron chi connectivity index (χ4n) is 1.91. The summed E-state index contributed by atoms with van der Waals surface area (Å²) in [5.74, 6) is 2.75. The number of rotatable bonds is 2. The fraction of sp³-hybridized carbons (Fsp3) is 0.214. The highest BCUT2D eigenvalue weighted by Gasteiger charge is 2.10. The van der Waals surface area contributed by atoms with Crippen LogP contribution in [0.3, 0.4) is 0 Å². The van der Waals surface area contributed by atoms with Gasteiger partial charge in [0.1, 0.15) is 0 Å². The van der Waals surface area contributed by atoms with Crippen molar-refractivity contribution in [1.29, 1.82) is 0 Å². The van der Waals surface area contributed by atoms with Gasteiger partial charge in [-0.15, -0.1) is 6.42 Å². The Morgan fingerprint density at radius 3 is 2.81 bits per heavy atom. The molecule has 1 aromatic heterocycles. The summed E-state index contributed by atoms with van der Waals surface area (Å²) in [6.45, 7) is 1.99. The first-order chi connectivity index (χ1) is 7.76. The number of pyridine rings is 1. The lowest BCUT2D eigenvalue weighted by molar-refractivity contribution is 0.740. The Kier molecular flexibility index (Phi) is 2.89. The minimum Gasteiger partial charge on any atom is -0.303 e. The van der Waals surface area contributed by atoms with E-state index in [0.29, 0.717) is 0 Å². The second kappa shape index (κ2) is 4.34. The molecule has 1 unspecified atom stereocenters. The SMILES string of the molecule is C#CC(NC)c1cc(C)nc2ccccc12. The Balaban J connectivity index is 2.73. The van der Waals surface area contributed by atoms with Crippen LogP contribution in [0.15, 0.2) is 30.3 Å². The molecule has 0 aliphatic carbocycles. The molecule has 1 atom stereocenters. The Morgan fingerprint density at radius 1 is 1.38 bits per heavy atom. The molecule has 0 aliphatic heterocycles. The van der Waals surface area contributed by atoms with Crippen LogP contribution in [0.5, 0.6) is 0 Å². The number of benzene rings is 1. The molecule has 0 saturated heterocycles. The second-order valence-corrected chi connectivity index (χ2v) is 3.76. The Hall–Kier alpha value is -1.85. The summed E-state index contributed by atoms with van der Waals surface area (Å²) in [6.07, 6.45) is 5.52. The van der Waals surface area contributed by atoms with Gasteiger partial charge in [0.25, 0.3) is 0 Å². The molecule has 80 valence electrons. The van der Waals surface area contributed by atoms with Crippen molar-refractivity contribution in [2.24, 2.45) is 0 Å². The maximum Gasteiger partial charge on any atom is 0.0948 e. The van der Waals surface area contributed by atoms with Gasteiger partial charge in [-0.1, -0.05) is 24.1 Å². The van der Waals surface area contributed by atoms with Crippen molar-refractivity contribution in [3.05, 3.63) is 41.6 Å². The number of fused-ring (bicyclic) bond motifs is 1. The molecule has 0 saturated carbocycles. The summed E-state index contributed by atoms with van der Waals surface area (Å²) >= 11 is 0. The van der Waals surface area contributed by atoms with E-state index in [1.165, 1.54) is 0 Å². The maximum absolute atomic E-state index is 5.52. The Morgan fingerprint density at radius 2 is 2.12 bits per heavy atom. The van der Waals surface area contributed by atoms with Crippen molar-refractivity contribution in [1.82, 2.24) is 10.3 Å². The van der Waals surface area contributed by atoms with Gasteiger partial charge in [0, 0.05) is 11.1 Å². The van der Waals surface area contributed by atoms with Crippen molar-refractivity contribution < 1.29 is 0 Å². The van der Waals surface area contributed by atoms with E-state index in [2.05, 4.69) is 22.3 Å². The van der Waals surface area contributed by atoms with Crippen molar-refractivity contribution in [3.63, 3.8) is 0 Å². The van der Waals surface area contributed by atoms with E-state index >= 15 is 0 Å².